The van der Waals surface area contributed by atoms with Crippen molar-refractivity contribution < 1.29 is 8.42 Å². The van der Waals surface area contributed by atoms with E-state index in [1.165, 1.54) is 0 Å². The second-order valence-corrected chi connectivity index (χ2v) is 7.91. The molecule has 2 atom stereocenters. The maximum Gasteiger partial charge on any atom is 0.243 e. The van der Waals surface area contributed by atoms with E-state index in [1.54, 1.807) is 22.5 Å². The molecule has 0 aliphatic carbocycles. The number of sulfonamides is 1. The average Bonchev–Trinajstić information content (AvgIpc) is 2.32. The highest BCUT2D eigenvalue weighted by Crippen LogP contribution is 2.27. The molecule has 19 heavy (non-hydrogen) atoms. The highest BCUT2D eigenvalue weighted by Gasteiger charge is 2.33. The number of halogens is 1. The van der Waals surface area contributed by atoms with E-state index < -0.39 is 10.0 Å². The molecular weight excluding hydrogens is 328 g/mol. The quantitative estimate of drug-likeness (QED) is 0.893. The van der Waals surface area contributed by atoms with Crippen molar-refractivity contribution in [1.82, 2.24) is 4.31 Å². The van der Waals surface area contributed by atoms with Crippen LogP contribution in [0.5, 0.6) is 0 Å². The Morgan fingerprint density at radius 3 is 2.68 bits per heavy atom. The fraction of sp³-hybridized carbons (Fsp3) is 0.538. The van der Waals surface area contributed by atoms with Crippen LogP contribution in [0.25, 0.3) is 0 Å². The van der Waals surface area contributed by atoms with Crippen LogP contribution in [-0.2, 0) is 10.0 Å². The van der Waals surface area contributed by atoms with Crippen LogP contribution in [0.2, 0.25) is 0 Å². The first kappa shape index (κ1) is 15.0. The molecule has 0 amide bonds. The van der Waals surface area contributed by atoms with Gasteiger partial charge in [0.1, 0.15) is 0 Å². The first-order valence-corrected chi connectivity index (χ1v) is 8.59. The molecule has 1 heterocycles. The number of nitrogens with zero attached hydrogens (tertiary/aromatic N) is 1. The van der Waals surface area contributed by atoms with E-state index in [0.29, 0.717) is 11.4 Å². The summed E-state index contributed by atoms with van der Waals surface area (Å²) in [4.78, 5) is 0.357. The van der Waals surface area contributed by atoms with Crippen LogP contribution in [0, 0.1) is 6.92 Å². The van der Waals surface area contributed by atoms with Crippen LogP contribution in [0.4, 0.5) is 0 Å². The minimum Gasteiger partial charge on any atom is -0.328 e. The van der Waals surface area contributed by atoms with E-state index in [1.807, 2.05) is 13.8 Å². The van der Waals surface area contributed by atoms with Crippen LogP contribution >= 0.6 is 15.9 Å². The van der Waals surface area contributed by atoms with E-state index in [2.05, 4.69) is 15.9 Å². The molecular formula is C13H19BrN2O2S. The topological polar surface area (TPSA) is 63.4 Å². The second-order valence-electron chi connectivity index (χ2n) is 5.16. The van der Waals surface area contributed by atoms with Crippen molar-refractivity contribution in [3.8, 4) is 0 Å². The van der Waals surface area contributed by atoms with Gasteiger partial charge < -0.3 is 5.73 Å². The lowest BCUT2D eigenvalue weighted by Gasteiger charge is -2.35. The third-order valence-corrected chi connectivity index (χ3v) is 6.49. The molecule has 1 aliphatic heterocycles. The fourth-order valence-electron chi connectivity index (χ4n) is 2.46. The van der Waals surface area contributed by atoms with Crippen LogP contribution in [0.1, 0.15) is 25.3 Å². The predicted octanol–water partition coefficient (Wildman–Crippen LogP) is 2.26. The number of hydrogen-bond acceptors (Lipinski definition) is 3. The van der Waals surface area contributed by atoms with Gasteiger partial charge in [0.25, 0.3) is 0 Å². The van der Waals surface area contributed by atoms with Crippen molar-refractivity contribution >= 4 is 26.0 Å². The lowest BCUT2D eigenvalue weighted by Crippen LogP contribution is -2.48. The minimum absolute atomic E-state index is 0.0438. The summed E-state index contributed by atoms with van der Waals surface area (Å²) in [5.41, 5.74) is 6.80. The summed E-state index contributed by atoms with van der Waals surface area (Å²) in [5.74, 6) is 0. The highest BCUT2D eigenvalue weighted by molar-refractivity contribution is 9.10. The fourth-order valence-corrected chi connectivity index (χ4v) is 4.45. The summed E-state index contributed by atoms with van der Waals surface area (Å²) in [6, 6.07) is 5.20. The van der Waals surface area contributed by atoms with Gasteiger partial charge in [0, 0.05) is 23.1 Å². The monoisotopic (exact) mass is 346 g/mol. The lowest BCUT2D eigenvalue weighted by molar-refractivity contribution is 0.247. The molecule has 2 rings (SSSR count). The summed E-state index contributed by atoms with van der Waals surface area (Å²) in [5, 5.41) is 0. The van der Waals surface area contributed by atoms with E-state index in [0.717, 1.165) is 22.9 Å². The molecule has 2 N–H and O–H groups in total. The Morgan fingerprint density at radius 1 is 1.42 bits per heavy atom. The van der Waals surface area contributed by atoms with Crippen LogP contribution in [0.3, 0.4) is 0 Å². The summed E-state index contributed by atoms with van der Waals surface area (Å²) >= 11 is 3.39. The Hall–Kier alpha value is -0.430. The number of aryl methyl sites for hydroxylation is 1. The Balaban J connectivity index is 2.34. The molecule has 0 bridgehead atoms. The van der Waals surface area contributed by atoms with Crippen molar-refractivity contribution in [2.24, 2.45) is 5.73 Å². The van der Waals surface area contributed by atoms with Crippen molar-refractivity contribution in [2.45, 2.75) is 43.7 Å². The standard InChI is InChI=1S/C13H19BrN2O2S/c1-9-7-12(3-4-13(9)14)19(17,18)16-6-5-11(15)8-10(16)2/h3-4,7,10-11H,5-6,8,15H2,1-2H3. The third-order valence-electron chi connectivity index (χ3n) is 3.59. The molecule has 6 heteroatoms. The van der Waals surface area contributed by atoms with E-state index in [-0.39, 0.29) is 12.1 Å². The van der Waals surface area contributed by atoms with Gasteiger partial charge in [0.15, 0.2) is 0 Å². The first-order valence-electron chi connectivity index (χ1n) is 6.36. The van der Waals surface area contributed by atoms with Crippen LogP contribution < -0.4 is 5.73 Å². The van der Waals surface area contributed by atoms with Gasteiger partial charge in [-0.05, 0) is 50.5 Å². The number of rotatable bonds is 2. The normalized spacial score (nSPS) is 25.5. The maximum atomic E-state index is 12.6. The zero-order chi connectivity index (χ0) is 14.2. The highest BCUT2D eigenvalue weighted by atomic mass is 79.9. The molecule has 1 aromatic rings. The number of benzene rings is 1. The smallest absolute Gasteiger partial charge is 0.243 e. The van der Waals surface area contributed by atoms with Crippen molar-refractivity contribution in [2.75, 3.05) is 6.54 Å². The average molecular weight is 347 g/mol. The first-order chi connectivity index (χ1) is 8.82. The van der Waals surface area contributed by atoms with Crippen molar-refractivity contribution in [3.05, 3.63) is 28.2 Å². The summed E-state index contributed by atoms with van der Waals surface area (Å²) in [6.07, 6.45) is 1.44. The second kappa shape index (κ2) is 5.52. The van der Waals surface area contributed by atoms with Gasteiger partial charge in [0.05, 0.1) is 4.90 Å². The summed E-state index contributed by atoms with van der Waals surface area (Å²) in [7, 11) is -3.42. The van der Waals surface area contributed by atoms with Crippen molar-refractivity contribution in [1.29, 1.82) is 0 Å². The number of nitrogens with two attached hydrogens (primary N) is 1. The molecule has 0 radical (unpaired) electrons. The molecule has 4 nitrogen and oxygen atoms in total. The molecule has 1 aliphatic rings. The van der Waals surface area contributed by atoms with Gasteiger partial charge in [-0.15, -0.1) is 0 Å². The molecule has 0 aromatic heterocycles. The van der Waals surface area contributed by atoms with Crippen molar-refractivity contribution in [3.63, 3.8) is 0 Å². The minimum atomic E-state index is -3.42. The Labute approximate surface area is 123 Å². The van der Waals surface area contributed by atoms with E-state index >= 15 is 0 Å². The molecule has 106 valence electrons. The Kier molecular flexibility index (Phi) is 4.35. The zero-order valence-corrected chi connectivity index (χ0v) is 13.5. The molecule has 1 saturated heterocycles. The summed E-state index contributed by atoms with van der Waals surface area (Å²) < 4.78 is 27.8. The molecule has 0 saturated carbocycles. The molecule has 1 aromatic carbocycles. The summed E-state index contributed by atoms with van der Waals surface area (Å²) in [6.45, 7) is 4.31. The SMILES string of the molecule is Cc1cc(S(=O)(=O)N2CCC(N)CC2C)ccc1Br. The van der Waals surface area contributed by atoms with Gasteiger partial charge >= 0.3 is 0 Å². The van der Waals surface area contributed by atoms with Gasteiger partial charge in [0.2, 0.25) is 10.0 Å². The van der Waals surface area contributed by atoms with Crippen LogP contribution in [-0.4, -0.2) is 31.4 Å². The third kappa shape index (κ3) is 3.02. The zero-order valence-electron chi connectivity index (χ0n) is 11.1. The lowest BCUT2D eigenvalue weighted by atomic mass is 10.0. The van der Waals surface area contributed by atoms with Gasteiger partial charge in [-0.3, -0.25) is 0 Å². The Bertz CT molecular complexity index is 574. The molecule has 1 fully saturated rings. The van der Waals surface area contributed by atoms with Gasteiger partial charge in [-0.25, -0.2) is 8.42 Å². The van der Waals surface area contributed by atoms with E-state index in [9.17, 15) is 8.42 Å². The molecule has 0 spiro atoms. The number of piperidine rings is 1. The van der Waals surface area contributed by atoms with Gasteiger partial charge in [-0.2, -0.15) is 4.31 Å². The Morgan fingerprint density at radius 2 is 2.11 bits per heavy atom. The van der Waals surface area contributed by atoms with Crippen LogP contribution in [0.15, 0.2) is 27.6 Å². The molecule has 2 unspecified atom stereocenters. The van der Waals surface area contributed by atoms with E-state index in [4.69, 9.17) is 5.73 Å². The maximum absolute atomic E-state index is 12.6. The largest absolute Gasteiger partial charge is 0.328 e. The predicted molar refractivity (Wildman–Crippen MR) is 79.4 cm³/mol. The number of hydrogen-bond donors (Lipinski definition) is 1. The van der Waals surface area contributed by atoms with Gasteiger partial charge in [-0.1, -0.05) is 15.9 Å².